The number of nitrogens with one attached hydrogen (secondary N) is 1. The van der Waals surface area contributed by atoms with Gasteiger partial charge in [0, 0.05) is 32.4 Å². The van der Waals surface area contributed by atoms with Crippen molar-refractivity contribution >= 4 is 0 Å². The lowest BCUT2D eigenvalue weighted by Gasteiger charge is -2.08. The summed E-state index contributed by atoms with van der Waals surface area (Å²) in [5.41, 5.74) is 3.12. The van der Waals surface area contributed by atoms with E-state index in [1.165, 1.54) is 0 Å². The lowest BCUT2D eigenvalue weighted by atomic mass is 10.2. The number of nitrogens with zero attached hydrogens (tertiary/aromatic N) is 3. The van der Waals surface area contributed by atoms with Gasteiger partial charge in [-0.25, -0.2) is 9.67 Å². The van der Waals surface area contributed by atoms with E-state index in [1.807, 2.05) is 62.6 Å². The minimum atomic E-state index is 0.583. The molecule has 1 N–H and O–H groups in total. The van der Waals surface area contributed by atoms with E-state index in [0.717, 1.165) is 28.5 Å². The lowest BCUT2D eigenvalue weighted by molar-refractivity contribution is 0.368. The Hall–Kier alpha value is -2.86. The lowest BCUT2D eigenvalue weighted by Crippen LogP contribution is -2.14. The Morgan fingerprint density at radius 3 is 2.56 bits per heavy atom. The van der Waals surface area contributed by atoms with Crippen LogP contribution in [0.5, 0.6) is 17.5 Å². The quantitative estimate of drug-likeness (QED) is 0.717. The van der Waals surface area contributed by atoms with Crippen molar-refractivity contribution in [2.24, 2.45) is 7.05 Å². The summed E-state index contributed by atoms with van der Waals surface area (Å²) in [7, 11) is 3.54. The highest BCUT2D eigenvalue weighted by molar-refractivity contribution is 5.31. The van der Waals surface area contributed by atoms with Gasteiger partial charge in [0.15, 0.2) is 0 Å². The molecule has 0 saturated heterocycles. The Labute approximate surface area is 147 Å². The first-order valence-corrected chi connectivity index (χ1v) is 8.12. The largest absolute Gasteiger partial charge is 0.481 e. The van der Waals surface area contributed by atoms with E-state index < -0.39 is 0 Å². The SMILES string of the molecule is COc1c(CNCc2ccc(Oc3ccccc3)nc2)c(C)nn1C. The molecule has 3 aromatic rings. The maximum absolute atomic E-state index is 5.70. The molecule has 0 atom stereocenters. The standard InChI is InChI=1S/C19H22N4O2/c1-14-17(19(24-3)23(2)22-14)13-20-11-15-9-10-18(21-12-15)25-16-7-5-4-6-8-16/h4-10,12,20H,11,13H2,1-3H3. The van der Waals surface area contributed by atoms with E-state index in [-0.39, 0.29) is 0 Å². The molecule has 0 radical (unpaired) electrons. The van der Waals surface area contributed by atoms with Gasteiger partial charge in [0.05, 0.1) is 18.4 Å². The Morgan fingerprint density at radius 1 is 1.08 bits per heavy atom. The number of aryl methyl sites for hydroxylation is 2. The molecule has 6 heteroatoms. The highest BCUT2D eigenvalue weighted by atomic mass is 16.5. The van der Waals surface area contributed by atoms with Gasteiger partial charge in [-0.3, -0.25) is 0 Å². The number of ether oxygens (including phenoxy) is 2. The van der Waals surface area contributed by atoms with E-state index >= 15 is 0 Å². The van der Waals surface area contributed by atoms with Gasteiger partial charge < -0.3 is 14.8 Å². The summed E-state index contributed by atoms with van der Waals surface area (Å²) in [4.78, 5) is 4.35. The molecule has 0 amide bonds. The average molecular weight is 338 g/mol. The number of rotatable bonds is 7. The molecule has 0 fully saturated rings. The molecule has 3 rings (SSSR count). The van der Waals surface area contributed by atoms with Crippen LogP contribution in [0.3, 0.4) is 0 Å². The van der Waals surface area contributed by atoms with Gasteiger partial charge in [-0.1, -0.05) is 24.3 Å². The predicted molar refractivity (Wildman–Crippen MR) is 95.8 cm³/mol. The number of hydrogen-bond donors (Lipinski definition) is 1. The Kier molecular flexibility index (Phi) is 5.30. The second-order valence-electron chi connectivity index (χ2n) is 5.72. The highest BCUT2D eigenvalue weighted by Crippen LogP contribution is 2.21. The van der Waals surface area contributed by atoms with Crippen molar-refractivity contribution < 1.29 is 9.47 Å². The minimum Gasteiger partial charge on any atom is -0.481 e. The fourth-order valence-corrected chi connectivity index (χ4v) is 2.66. The van der Waals surface area contributed by atoms with Crippen molar-refractivity contribution in [3.63, 3.8) is 0 Å². The average Bonchev–Trinajstić information content (AvgIpc) is 2.90. The van der Waals surface area contributed by atoms with E-state index in [2.05, 4.69) is 15.4 Å². The first-order chi connectivity index (χ1) is 12.2. The van der Waals surface area contributed by atoms with Crippen molar-refractivity contribution in [3.8, 4) is 17.5 Å². The number of aromatic nitrogens is 3. The first kappa shape index (κ1) is 17.0. The summed E-state index contributed by atoms with van der Waals surface area (Å²) in [6.45, 7) is 3.37. The smallest absolute Gasteiger partial charge is 0.219 e. The molecule has 130 valence electrons. The van der Waals surface area contributed by atoms with Gasteiger partial charge in [0.25, 0.3) is 0 Å². The molecule has 0 aliphatic carbocycles. The van der Waals surface area contributed by atoms with Crippen molar-refractivity contribution in [2.45, 2.75) is 20.0 Å². The summed E-state index contributed by atoms with van der Waals surface area (Å²) in [6, 6.07) is 13.5. The van der Waals surface area contributed by atoms with Gasteiger partial charge in [-0.2, -0.15) is 5.10 Å². The number of hydrogen-bond acceptors (Lipinski definition) is 5. The van der Waals surface area contributed by atoms with Crippen LogP contribution in [0, 0.1) is 6.92 Å². The number of pyridine rings is 1. The second-order valence-corrected chi connectivity index (χ2v) is 5.72. The van der Waals surface area contributed by atoms with Gasteiger partial charge in [-0.05, 0) is 24.6 Å². The molecular weight excluding hydrogens is 316 g/mol. The summed E-state index contributed by atoms with van der Waals surface area (Å²) in [5.74, 6) is 2.15. The van der Waals surface area contributed by atoms with Crippen LogP contribution in [-0.2, 0) is 20.1 Å². The van der Waals surface area contributed by atoms with E-state index in [4.69, 9.17) is 9.47 Å². The van der Waals surface area contributed by atoms with Crippen LogP contribution < -0.4 is 14.8 Å². The molecule has 6 nitrogen and oxygen atoms in total. The Morgan fingerprint density at radius 2 is 1.88 bits per heavy atom. The fourth-order valence-electron chi connectivity index (χ4n) is 2.66. The number of methoxy groups -OCH3 is 1. The zero-order valence-electron chi connectivity index (χ0n) is 14.7. The van der Waals surface area contributed by atoms with Crippen molar-refractivity contribution in [1.82, 2.24) is 20.1 Å². The first-order valence-electron chi connectivity index (χ1n) is 8.12. The highest BCUT2D eigenvalue weighted by Gasteiger charge is 2.13. The summed E-state index contributed by atoms with van der Waals surface area (Å²) in [6.07, 6.45) is 1.82. The third-order valence-corrected chi connectivity index (χ3v) is 3.88. The third-order valence-electron chi connectivity index (χ3n) is 3.88. The molecule has 0 saturated carbocycles. The molecule has 0 aliphatic heterocycles. The molecule has 0 bridgehead atoms. The molecule has 2 heterocycles. The van der Waals surface area contributed by atoms with Crippen LogP contribution in [0.4, 0.5) is 0 Å². The zero-order valence-corrected chi connectivity index (χ0v) is 14.7. The van der Waals surface area contributed by atoms with Crippen molar-refractivity contribution in [1.29, 1.82) is 0 Å². The van der Waals surface area contributed by atoms with Crippen LogP contribution in [0.2, 0.25) is 0 Å². The van der Waals surface area contributed by atoms with Crippen molar-refractivity contribution in [3.05, 3.63) is 65.5 Å². The summed E-state index contributed by atoms with van der Waals surface area (Å²) >= 11 is 0. The summed E-state index contributed by atoms with van der Waals surface area (Å²) < 4.78 is 12.9. The minimum absolute atomic E-state index is 0.583. The fraction of sp³-hybridized carbons (Fsp3) is 0.263. The maximum atomic E-state index is 5.70. The van der Waals surface area contributed by atoms with E-state index in [1.54, 1.807) is 11.8 Å². The normalized spacial score (nSPS) is 10.7. The van der Waals surface area contributed by atoms with Gasteiger partial charge in [0.2, 0.25) is 11.8 Å². The van der Waals surface area contributed by atoms with E-state index in [0.29, 0.717) is 19.0 Å². The molecular formula is C19H22N4O2. The van der Waals surface area contributed by atoms with Crippen molar-refractivity contribution in [2.75, 3.05) is 7.11 Å². The molecule has 25 heavy (non-hydrogen) atoms. The zero-order chi connectivity index (χ0) is 17.6. The molecule has 0 unspecified atom stereocenters. The molecule has 0 spiro atoms. The monoisotopic (exact) mass is 338 g/mol. The Bertz CT molecular complexity index is 813. The molecule has 0 aliphatic rings. The van der Waals surface area contributed by atoms with Gasteiger partial charge in [0.1, 0.15) is 5.75 Å². The van der Waals surface area contributed by atoms with Gasteiger partial charge in [-0.15, -0.1) is 0 Å². The number of para-hydroxylation sites is 1. The van der Waals surface area contributed by atoms with Crippen LogP contribution in [0.1, 0.15) is 16.8 Å². The van der Waals surface area contributed by atoms with Crippen LogP contribution >= 0.6 is 0 Å². The van der Waals surface area contributed by atoms with E-state index in [9.17, 15) is 0 Å². The molecule has 2 aromatic heterocycles. The van der Waals surface area contributed by atoms with Crippen LogP contribution in [0.25, 0.3) is 0 Å². The summed E-state index contributed by atoms with van der Waals surface area (Å²) in [5, 5.41) is 7.78. The predicted octanol–water partition coefficient (Wildman–Crippen LogP) is 3.21. The van der Waals surface area contributed by atoms with Crippen LogP contribution in [0.15, 0.2) is 48.7 Å². The topological polar surface area (TPSA) is 61.2 Å². The third kappa shape index (κ3) is 4.16. The van der Waals surface area contributed by atoms with Crippen LogP contribution in [-0.4, -0.2) is 21.9 Å². The Balaban J connectivity index is 1.56. The maximum Gasteiger partial charge on any atom is 0.219 e. The second kappa shape index (κ2) is 7.81. The molecule has 1 aromatic carbocycles. The number of benzene rings is 1. The van der Waals surface area contributed by atoms with Gasteiger partial charge >= 0.3 is 0 Å².